The average Bonchev–Trinajstić information content (AvgIpc) is 3.46. The summed E-state index contributed by atoms with van der Waals surface area (Å²) < 4.78 is 56.2. The Balaban J connectivity index is 1.39. The number of nitrogens with zero attached hydrogens (tertiary/aromatic N) is 4. The van der Waals surface area contributed by atoms with E-state index in [2.05, 4.69) is 9.97 Å². The molecule has 1 aliphatic heterocycles. The second-order valence-corrected chi connectivity index (χ2v) is 12.5. The Morgan fingerprint density at radius 3 is 2.62 bits per heavy atom. The van der Waals surface area contributed by atoms with Crippen molar-refractivity contribution in [1.29, 1.82) is 5.26 Å². The van der Waals surface area contributed by atoms with Crippen molar-refractivity contribution in [2.45, 2.75) is 45.3 Å². The first kappa shape index (κ1) is 32.4. The van der Waals surface area contributed by atoms with Gasteiger partial charge >= 0.3 is 12.1 Å². The maximum Gasteiger partial charge on any atom is 0.416 e. The summed E-state index contributed by atoms with van der Waals surface area (Å²) in [7, 11) is 0. The van der Waals surface area contributed by atoms with E-state index in [9.17, 15) is 33.1 Å². The third kappa shape index (κ3) is 6.04. The van der Waals surface area contributed by atoms with Crippen LogP contribution in [0.4, 0.5) is 13.2 Å². The summed E-state index contributed by atoms with van der Waals surface area (Å²) in [6.07, 6.45) is -4.17. The number of rotatable bonds is 7. The second-order valence-electron chi connectivity index (χ2n) is 11.2. The molecule has 1 N–H and O–H groups in total. The van der Waals surface area contributed by atoms with E-state index in [1.165, 1.54) is 28.2 Å². The van der Waals surface area contributed by atoms with Gasteiger partial charge in [0.2, 0.25) is 0 Å². The summed E-state index contributed by atoms with van der Waals surface area (Å²) in [5.41, 5.74) is -0.0393. The fraction of sp³-hybridized carbons (Fsp3) is 0.303. The normalized spacial score (nSPS) is 14.1. The molecule has 242 valence electrons. The Morgan fingerprint density at radius 2 is 1.94 bits per heavy atom. The lowest BCUT2D eigenvalue weighted by molar-refractivity contribution is -0.138. The largest absolute Gasteiger partial charge is 0.491 e. The summed E-state index contributed by atoms with van der Waals surface area (Å²) in [6.45, 7) is 3.69. The van der Waals surface area contributed by atoms with Crippen LogP contribution in [-0.4, -0.2) is 45.4 Å². The number of fused-ring (bicyclic) bond motifs is 2. The molecule has 5 aromatic rings. The Hall–Kier alpha value is -4.51. The minimum Gasteiger partial charge on any atom is -0.491 e. The lowest BCUT2D eigenvalue weighted by atomic mass is 9.83. The molecule has 0 amide bonds. The second kappa shape index (κ2) is 12.6. The first-order valence-electron chi connectivity index (χ1n) is 14.6. The van der Waals surface area contributed by atoms with Gasteiger partial charge in [-0.15, -0.1) is 11.3 Å². The van der Waals surface area contributed by atoms with Crippen molar-refractivity contribution >= 4 is 50.0 Å². The van der Waals surface area contributed by atoms with Crippen LogP contribution in [0.1, 0.15) is 57.3 Å². The fourth-order valence-electron chi connectivity index (χ4n) is 6.10. The maximum atomic E-state index is 14.3. The molecule has 14 heteroatoms. The van der Waals surface area contributed by atoms with Crippen LogP contribution >= 0.6 is 22.9 Å². The average molecular weight is 683 g/mol. The lowest BCUT2D eigenvalue weighted by Gasteiger charge is -2.27. The van der Waals surface area contributed by atoms with Gasteiger partial charge in [-0.2, -0.15) is 18.4 Å². The molecule has 1 saturated heterocycles. The molecule has 9 nitrogen and oxygen atoms in total. The summed E-state index contributed by atoms with van der Waals surface area (Å²) in [5, 5.41) is 21.5. The molecule has 0 bridgehead atoms. The number of hydrogen-bond donors (Lipinski definition) is 1. The Bertz CT molecular complexity index is 2170. The highest BCUT2D eigenvalue weighted by molar-refractivity contribution is 7.18. The number of aryl methyl sites for hydroxylation is 2. The van der Waals surface area contributed by atoms with E-state index in [0.29, 0.717) is 50.7 Å². The number of carbonyl (C=O) groups is 1. The Kier molecular flexibility index (Phi) is 8.69. The number of benzene rings is 2. The molecule has 1 fully saturated rings. The standard InChI is InChI=1S/C33H26ClF3N4O5S/c1-16-11-21(30-29(39-16)23(15-47-30)32(43)44)20-12-19(34)3-4-26(20)46-10-7-41-17(2)40-25-13-24(33(35,36)37)27(18-5-8-45-9-6-18)22(14-38)28(25)31(41)42/h3-4,11-13,15,18H,5-10H2,1-2H3,(H,43,44). The summed E-state index contributed by atoms with van der Waals surface area (Å²) in [5.74, 6) is -1.13. The van der Waals surface area contributed by atoms with Gasteiger partial charge in [0.15, 0.2) is 0 Å². The van der Waals surface area contributed by atoms with Crippen molar-refractivity contribution in [2.24, 2.45) is 0 Å². The van der Waals surface area contributed by atoms with Gasteiger partial charge < -0.3 is 14.6 Å². The Labute approximate surface area is 274 Å². The number of pyridine rings is 1. The van der Waals surface area contributed by atoms with Crippen LogP contribution in [0.15, 0.2) is 40.5 Å². The van der Waals surface area contributed by atoms with Gasteiger partial charge in [-0.1, -0.05) is 11.6 Å². The number of alkyl halides is 3. The van der Waals surface area contributed by atoms with Gasteiger partial charge in [0, 0.05) is 40.4 Å². The van der Waals surface area contributed by atoms with E-state index in [0.717, 1.165) is 6.07 Å². The smallest absolute Gasteiger partial charge is 0.416 e. The molecular weight excluding hydrogens is 657 g/mol. The molecule has 0 atom stereocenters. The van der Waals surface area contributed by atoms with Crippen molar-refractivity contribution in [2.75, 3.05) is 19.8 Å². The molecular formula is C33H26ClF3N4O5S. The van der Waals surface area contributed by atoms with Crippen molar-refractivity contribution in [3.63, 3.8) is 0 Å². The van der Waals surface area contributed by atoms with Crippen LogP contribution < -0.4 is 10.3 Å². The predicted molar refractivity (Wildman–Crippen MR) is 171 cm³/mol. The zero-order valence-corrected chi connectivity index (χ0v) is 26.6. The molecule has 6 rings (SSSR count). The highest BCUT2D eigenvalue weighted by Crippen LogP contribution is 2.43. The number of carboxylic acid groups (broad SMARTS) is 1. The molecule has 0 aliphatic carbocycles. The number of thiophene rings is 1. The molecule has 0 unspecified atom stereocenters. The third-order valence-electron chi connectivity index (χ3n) is 8.21. The van der Waals surface area contributed by atoms with Gasteiger partial charge in [-0.05, 0) is 68.5 Å². The third-order valence-corrected chi connectivity index (χ3v) is 9.45. The summed E-state index contributed by atoms with van der Waals surface area (Å²) >= 11 is 7.59. The quantitative estimate of drug-likeness (QED) is 0.187. The van der Waals surface area contributed by atoms with Crippen molar-refractivity contribution in [1.82, 2.24) is 14.5 Å². The minimum absolute atomic E-state index is 0.0267. The van der Waals surface area contributed by atoms with E-state index in [1.807, 2.05) is 6.07 Å². The topological polar surface area (TPSA) is 127 Å². The van der Waals surface area contributed by atoms with Crippen LogP contribution in [0.2, 0.25) is 5.02 Å². The number of aromatic carboxylic acids is 1. The van der Waals surface area contributed by atoms with Crippen LogP contribution in [0.3, 0.4) is 0 Å². The van der Waals surface area contributed by atoms with E-state index in [1.54, 1.807) is 31.2 Å². The molecule has 0 saturated carbocycles. The zero-order chi connectivity index (χ0) is 33.6. The highest BCUT2D eigenvalue weighted by atomic mass is 35.5. The van der Waals surface area contributed by atoms with Crippen LogP contribution in [-0.2, 0) is 17.5 Å². The monoisotopic (exact) mass is 682 g/mol. The van der Waals surface area contributed by atoms with E-state index < -0.39 is 29.2 Å². The van der Waals surface area contributed by atoms with E-state index >= 15 is 0 Å². The summed E-state index contributed by atoms with van der Waals surface area (Å²) in [6, 6.07) is 9.55. The van der Waals surface area contributed by atoms with Gasteiger partial charge in [0.25, 0.3) is 5.56 Å². The number of carboxylic acids is 1. The molecule has 0 spiro atoms. The predicted octanol–water partition coefficient (Wildman–Crippen LogP) is 7.51. The molecule has 0 radical (unpaired) electrons. The maximum absolute atomic E-state index is 14.3. The van der Waals surface area contributed by atoms with Crippen LogP contribution in [0.25, 0.3) is 32.2 Å². The number of ether oxygens (including phenoxy) is 2. The lowest BCUT2D eigenvalue weighted by Crippen LogP contribution is -2.28. The first-order chi connectivity index (χ1) is 22.4. The number of nitriles is 1. The highest BCUT2D eigenvalue weighted by Gasteiger charge is 2.39. The first-order valence-corrected chi connectivity index (χ1v) is 15.8. The Morgan fingerprint density at radius 1 is 1.19 bits per heavy atom. The molecule has 2 aromatic carbocycles. The fourth-order valence-corrected chi connectivity index (χ4v) is 7.29. The van der Waals surface area contributed by atoms with Crippen molar-refractivity contribution in [3.8, 4) is 22.9 Å². The van der Waals surface area contributed by atoms with E-state index in [4.69, 9.17) is 21.1 Å². The van der Waals surface area contributed by atoms with Gasteiger partial charge in [0.05, 0.1) is 44.4 Å². The zero-order valence-electron chi connectivity index (χ0n) is 25.1. The number of aromatic nitrogens is 3. The SMILES string of the molecule is Cc1cc(-c2cc(Cl)ccc2OCCn2c(C)nc3cc(C(F)(F)F)c(C4CCOCC4)c(C#N)c3c2=O)c2scc(C(=O)O)c2n1. The van der Waals surface area contributed by atoms with Gasteiger partial charge in [0.1, 0.15) is 24.3 Å². The summed E-state index contributed by atoms with van der Waals surface area (Å²) in [4.78, 5) is 34.4. The van der Waals surface area contributed by atoms with Crippen molar-refractivity contribution in [3.05, 3.63) is 84.9 Å². The van der Waals surface area contributed by atoms with Gasteiger partial charge in [-0.25, -0.2) is 9.78 Å². The molecule has 3 aromatic heterocycles. The van der Waals surface area contributed by atoms with Crippen LogP contribution in [0, 0.1) is 25.2 Å². The van der Waals surface area contributed by atoms with Crippen LogP contribution in [0.5, 0.6) is 5.75 Å². The van der Waals surface area contributed by atoms with Crippen molar-refractivity contribution < 1.29 is 32.5 Å². The number of hydrogen-bond acceptors (Lipinski definition) is 8. The van der Waals surface area contributed by atoms with Gasteiger partial charge in [-0.3, -0.25) is 14.3 Å². The molecule has 4 heterocycles. The molecule has 47 heavy (non-hydrogen) atoms. The number of halogens is 4. The molecule has 1 aliphatic rings. The van der Waals surface area contributed by atoms with E-state index in [-0.39, 0.29) is 59.8 Å². The minimum atomic E-state index is -4.75.